The van der Waals surface area contributed by atoms with Crippen LogP contribution in [0.3, 0.4) is 0 Å². The second kappa shape index (κ2) is 9.04. The van der Waals surface area contributed by atoms with E-state index in [0.29, 0.717) is 23.4 Å². The summed E-state index contributed by atoms with van der Waals surface area (Å²) in [7, 11) is 0. The fraction of sp³-hybridized carbons (Fsp3) is 0.350. The van der Waals surface area contributed by atoms with Gasteiger partial charge in [-0.25, -0.2) is 0 Å². The Morgan fingerprint density at radius 3 is 2.61 bits per heavy atom. The first-order valence-corrected chi connectivity index (χ1v) is 10.7. The van der Waals surface area contributed by atoms with Gasteiger partial charge in [0.15, 0.2) is 5.16 Å². The topological polar surface area (TPSA) is 76.2 Å². The summed E-state index contributed by atoms with van der Waals surface area (Å²) < 4.78 is 46.7. The molecule has 0 unspecified atom stereocenters. The average Bonchev–Trinajstić information content (AvgIpc) is 3.49. The summed E-state index contributed by atoms with van der Waals surface area (Å²) in [5.41, 5.74) is -1.15. The minimum Gasteiger partial charge on any atom is -0.467 e. The summed E-state index contributed by atoms with van der Waals surface area (Å²) in [5.74, 6) is 0.740. The van der Waals surface area contributed by atoms with Gasteiger partial charge in [-0.2, -0.15) is 13.2 Å². The molecule has 31 heavy (non-hydrogen) atoms. The minimum absolute atomic E-state index is 0.109. The quantitative estimate of drug-likeness (QED) is 0.541. The number of rotatable bonds is 7. The van der Waals surface area contributed by atoms with Crippen LogP contribution in [0.2, 0.25) is 0 Å². The van der Waals surface area contributed by atoms with Crippen molar-refractivity contribution in [2.75, 3.05) is 29.1 Å². The van der Waals surface area contributed by atoms with Crippen molar-refractivity contribution in [2.24, 2.45) is 0 Å². The molecule has 164 valence electrons. The summed E-state index contributed by atoms with van der Waals surface area (Å²) >= 11 is 1.12. The Hall–Kier alpha value is -2.95. The van der Waals surface area contributed by atoms with E-state index in [0.717, 1.165) is 43.8 Å². The highest BCUT2D eigenvalue weighted by atomic mass is 32.2. The third-order valence-electron chi connectivity index (χ3n) is 4.82. The van der Waals surface area contributed by atoms with Gasteiger partial charge in [0.1, 0.15) is 5.76 Å². The highest BCUT2D eigenvalue weighted by molar-refractivity contribution is 7.99. The molecular weight excluding hydrogens is 431 g/mol. The molecule has 0 spiro atoms. The summed E-state index contributed by atoms with van der Waals surface area (Å²) in [6, 6.07) is 8.52. The predicted molar refractivity (Wildman–Crippen MR) is 110 cm³/mol. The van der Waals surface area contributed by atoms with Gasteiger partial charge in [0.2, 0.25) is 11.9 Å². The van der Waals surface area contributed by atoms with Crippen LogP contribution in [0.5, 0.6) is 0 Å². The molecule has 2 aromatic heterocycles. The van der Waals surface area contributed by atoms with Crippen molar-refractivity contribution < 1.29 is 22.4 Å². The number of benzene rings is 1. The highest BCUT2D eigenvalue weighted by Gasteiger charge is 2.33. The van der Waals surface area contributed by atoms with Gasteiger partial charge in [-0.05, 0) is 37.1 Å². The molecule has 1 aliphatic heterocycles. The second-order valence-corrected chi connectivity index (χ2v) is 7.96. The zero-order valence-electron chi connectivity index (χ0n) is 16.4. The standard InChI is InChI=1S/C20H20F3N5O2S/c21-20(22,23)15-7-1-2-8-16(15)24-17(29)13-31-19-26-25-18(27-9-3-4-10-27)28(19)12-14-6-5-11-30-14/h1-2,5-8,11H,3-4,9-10,12-13H2,(H,24,29). The first kappa shape index (κ1) is 21.3. The number of halogens is 3. The van der Waals surface area contributed by atoms with Gasteiger partial charge in [-0.15, -0.1) is 10.2 Å². The largest absolute Gasteiger partial charge is 0.467 e. The maximum absolute atomic E-state index is 13.1. The number of carbonyl (C=O) groups excluding carboxylic acids is 1. The summed E-state index contributed by atoms with van der Waals surface area (Å²) in [5, 5.41) is 11.3. The van der Waals surface area contributed by atoms with E-state index in [-0.39, 0.29) is 11.4 Å². The molecule has 3 aromatic rings. The van der Waals surface area contributed by atoms with Crippen LogP contribution in [0.4, 0.5) is 24.8 Å². The van der Waals surface area contributed by atoms with Gasteiger partial charge in [-0.3, -0.25) is 9.36 Å². The average molecular weight is 451 g/mol. The molecule has 0 bridgehead atoms. The fourth-order valence-electron chi connectivity index (χ4n) is 3.39. The summed E-state index contributed by atoms with van der Waals surface area (Å²) in [6.45, 7) is 2.14. The molecule has 11 heteroatoms. The third kappa shape index (κ3) is 5.04. The van der Waals surface area contributed by atoms with Crippen LogP contribution in [0.1, 0.15) is 24.2 Å². The van der Waals surface area contributed by atoms with E-state index in [1.165, 1.54) is 18.2 Å². The number of nitrogens with zero attached hydrogens (tertiary/aromatic N) is 4. The number of para-hydroxylation sites is 1. The minimum atomic E-state index is -4.55. The van der Waals surface area contributed by atoms with E-state index < -0.39 is 17.6 Å². The van der Waals surface area contributed by atoms with Crippen molar-refractivity contribution in [3.05, 3.63) is 54.0 Å². The number of hydrogen-bond donors (Lipinski definition) is 1. The Balaban J connectivity index is 1.48. The SMILES string of the molecule is O=C(CSc1nnc(N2CCCC2)n1Cc1ccco1)Nc1ccccc1C(F)(F)F. The molecule has 1 aliphatic rings. The van der Waals surface area contributed by atoms with Crippen LogP contribution in [-0.2, 0) is 17.5 Å². The van der Waals surface area contributed by atoms with E-state index in [2.05, 4.69) is 20.4 Å². The third-order valence-corrected chi connectivity index (χ3v) is 5.79. The monoisotopic (exact) mass is 451 g/mol. The van der Waals surface area contributed by atoms with Crippen LogP contribution >= 0.6 is 11.8 Å². The van der Waals surface area contributed by atoms with Crippen LogP contribution in [0.15, 0.2) is 52.2 Å². The smallest absolute Gasteiger partial charge is 0.418 e. The molecule has 1 saturated heterocycles. The van der Waals surface area contributed by atoms with E-state index in [1.807, 2.05) is 10.6 Å². The van der Waals surface area contributed by atoms with E-state index in [4.69, 9.17) is 4.42 Å². The Morgan fingerprint density at radius 1 is 1.13 bits per heavy atom. The number of hydrogen-bond acceptors (Lipinski definition) is 6. The predicted octanol–water partition coefficient (Wildman–Crippen LogP) is 4.27. The van der Waals surface area contributed by atoms with Crippen LogP contribution < -0.4 is 10.2 Å². The number of aromatic nitrogens is 3. The number of alkyl halides is 3. The van der Waals surface area contributed by atoms with Crippen LogP contribution in [0, 0.1) is 0 Å². The van der Waals surface area contributed by atoms with Crippen molar-refractivity contribution in [3.8, 4) is 0 Å². The molecule has 4 rings (SSSR count). The zero-order chi connectivity index (χ0) is 21.8. The highest BCUT2D eigenvalue weighted by Crippen LogP contribution is 2.34. The number of carbonyl (C=O) groups is 1. The second-order valence-electron chi connectivity index (χ2n) is 7.02. The van der Waals surface area contributed by atoms with Crippen LogP contribution in [-0.4, -0.2) is 39.5 Å². The number of nitrogens with one attached hydrogen (secondary N) is 1. The lowest BCUT2D eigenvalue weighted by molar-refractivity contribution is -0.137. The van der Waals surface area contributed by atoms with Gasteiger partial charge in [0.25, 0.3) is 0 Å². The maximum atomic E-state index is 13.1. The molecule has 1 N–H and O–H groups in total. The lowest BCUT2D eigenvalue weighted by Gasteiger charge is -2.17. The molecule has 3 heterocycles. The van der Waals surface area contributed by atoms with Crippen molar-refractivity contribution in [2.45, 2.75) is 30.7 Å². The Labute approximate surface area is 180 Å². The molecule has 0 aliphatic carbocycles. The van der Waals surface area contributed by atoms with Crippen molar-refractivity contribution in [1.82, 2.24) is 14.8 Å². The molecule has 0 atom stereocenters. The molecule has 1 aromatic carbocycles. The molecule has 0 saturated carbocycles. The van der Waals surface area contributed by atoms with Crippen molar-refractivity contribution in [1.29, 1.82) is 0 Å². The zero-order valence-corrected chi connectivity index (χ0v) is 17.2. The molecule has 1 fully saturated rings. The molecule has 1 amide bonds. The Kier molecular flexibility index (Phi) is 6.21. The van der Waals surface area contributed by atoms with Gasteiger partial charge in [-0.1, -0.05) is 23.9 Å². The van der Waals surface area contributed by atoms with Gasteiger partial charge < -0.3 is 14.6 Å². The summed E-state index contributed by atoms with van der Waals surface area (Å²) in [6.07, 6.45) is -0.841. The van der Waals surface area contributed by atoms with E-state index >= 15 is 0 Å². The first-order valence-electron chi connectivity index (χ1n) is 9.71. The van der Waals surface area contributed by atoms with Gasteiger partial charge in [0.05, 0.1) is 29.8 Å². The number of amides is 1. The number of furan rings is 1. The van der Waals surface area contributed by atoms with E-state index in [1.54, 1.807) is 12.3 Å². The van der Waals surface area contributed by atoms with Gasteiger partial charge in [0, 0.05) is 13.1 Å². The van der Waals surface area contributed by atoms with Crippen molar-refractivity contribution in [3.63, 3.8) is 0 Å². The normalized spacial score (nSPS) is 14.2. The van der Waals surface area contributed by atoms with Crippen LogP contribution in [0.25, 0.3) is 0 Å². The number of thioether (sulfide) groups is 1. The lowest BCUT2D eigenvalue weighted by atomic mass is 10.1. The van der Waals surface area contributed by atoms with Crippen molar-refractivity contribution >= 4 is 29.3 Å². The van der Waals surface area contributed by atoms with Gasteiger partial charge >= 0.3 is 6.18 Å². The first-order chi connectivity index (χ1) is 14.9. The van der Waals surface area contributed by atoms with E-state index in [9.17, 15) is 18.0 Å². The molecule has 7 nitrogen and oxygen atoms in total. The number of anilines is 2. The lowest BCUT2D eigenvalue weighted by Crippen LogP contribution is -2.23. The summed E-state index contributed by atoms with van der Waals surface area (Å²) in [4.78, 5) is 14.5. The Morgan fingerprint density at radius 2 is 1.90 bits per heavy atom. The Bertz CT molecular complexity index is 1030. The maximum Gasteiger partial charge on any atom is 0.418 e. The molecular formula is C20H20F3N5O2S. The fourth-order valence-corrected chi connectivity index (χ4v) is 4.12. The molecule has 0 radical (unpaired) electrons.